The van der Waals surface area contributed by atoms with E-state index in [1.165, 1.54) is 22.6 Å². The van der Waals surface area contributed by atoms with Crippen molar-refractivity contribution in [1.82, 2.24) is 0 Å². The van der Waals surface area contributed by atoms with Crippen LogP contribution in [-0.2, 0) is 23.8 Å². The molecule has 4 rings (SSSR count). The number of carbonyl (C=O) groups excluding carboxylic acids is 1. The first-order valence-electron chi connectivity index (χ1n) is 9.65. The maximum Gasteiger partial charge on any atom is 0.416 e. The molecule has 1 aromatic carbocycles. The molecular formula is C22H24F3NOS. The van der Waals surface area contributed by atoms with E-state index < -0.39 is 11.7 Å². The van der Waals surface area contributed by atoms with Crippen LogP contribution >= 0.6 is 11.3 Å². The number of alkyl halides is 3. The fourth-order valence-corrected chi connectivity index (χ4v) is 5.87. The van der Waals surface area contributed by atoms with Crippen LogP contribution in [0.1, 0.15) is 66.7 Å². The SMILES string of the molecule is CC(C)(C)C1CCc2c(sc3c2C(c2ccc(C(F)(F)F)cc2)CC(=O)N3)C1. The third-order valence-corrected chi connectivity index (χ3v) is 7.35. The highest BCUT2D eigenvalue weighted by molar-refractivity contribution is 7.16. The molecule has 150 valence electrons. The van der Waals surface area contributed by atoms with E-state index >= 15 is 0 Å². The summed E-state index contributed by atoms with van der Waals surface area (Å²) >= 11 is 1.66. The highest BCUT2D eigenvalue weighted by Gasteiger charge is 2.37. The van der Waals surface area contributed by atoms with Gasteiger partial charge in [-0.2, -0.15) is 13.2 Å². The Kier molecular flexibility index (Phi) is 4.60. The first-order valence-corrected chi connectivity index (χ1v) is 10.5. The summed E-state index contributed by atoms with van der Waals surface area (Å²) in [5, 5.41) is 3.90. The Morgan fingerprint density at radius 1 is 1.07 bits per heavy atom. The summed E-state index contributed by atoms with van der Waals surface area (Å²) in [5.41, 5.74) is 2.80. The molecule has 0 radical (unpaired) electrons. The Hall–Kier alpha value is -1.82. The van der Waals surface area contributed by atoms with Gasteiger partial charge >= 0.3 is 6.18 Å². The van der Waals surface area contributed by atoms with Gasteiger partial charge in [-0.1, -0.05) is 32.9 Å². The van der Waals surface area contributed by atoms with Gasteiger partial charge < -0.3 is 5.32 Å². The third-order valence-electron chi connectivity index (χ3n) is 6.16. The smallest absolute Gasteiger partial charge is 0.317 e. The fraction of sp³-hybridized carbons (Fsp3) is 0.500. The first kappa shape index (κ1) is 19.5. The number of benzene rings is 1. The van der Waals surface area contributed by atoms with Gasteiger partial charge in [0.05, 0.1) is 10.6 Å². The van der Waals surface area contributed by atoms with E-state index in [-0.39, 0.29) is 23.7 Å². The largest absolute Gasteiger partial charge is 0.416 e. The second kappa shape index (κ2) is 6.61. The second-order valence-electron chi connectivity index (χ2n) is 8.98. The molecule has 6 heteroatoms. The molecular weight excluding hydrogens is 383 g/mol. The molecule has 1 aliphatic carbocycles. The van der Waals surface area contributed by atoms with E-state index in [9.17, 15) is 18.0 Å². The molecule has 0 saturated carbocycles. The number of amides is 1. The molecule has 0 fully saturated rings. The zero-order valence-electron chi connectivity index (χ0n) is 16.2. The number of hydrogen-bond acceptors (Lipinski definition) is 2. The van der Waals surface area contributed by atoms with Crippen LogP contribution in [0.4, 0.5) is 18.2 Å². The number of halogens is 3. The van der Waals surface area contributed by atoms with E-state index in [2.05, 4.69) is 26.1 Å². The number of hydrogen-bond donors (Lipinski definition) is 1. The van der Waals surface area contributed by atoms with Crippen LogP contribution in [0.2, 0.25) is 0 Å². The monoisotopic (exact) mass is 407 g/mol. The lowest BCUT2D eigenvalue weighted by Crippen LogP contribution is -2.27. The molecule has 2 aromatic rings. The minimum absolute atomic E-state index is 0.0663. The van der Waals surface area contributed by atoms with Crippen LogP contribution in [0.15, 0.2) is 24.3 Å². The molecule has 1 amide bonds. The van der Waals surface area contributed by atoms with E-state index in [1.54, 1.807) is 11.3 Å². The Bertz CT molecular complexity index is 906. The number of thiophene rings is 1. The van der Waals surface area contributed by atoms with Crippen molar-refractivity contribution in [2.45, 2.75) is 58.5 Å². The van der Waals surface area contributed by atoms with E-state index in [0.29, 0.717) is 5.92 Å². The molecule has 0 spiro atoms. The lowest BCUT2D eigenvalue weighted by Gasteiger charge is -2.34. The van der Waals surface area contributed by atoms with Crippen molar-refractivity contribution in [3.63, 3.8) is 0 Å². The van der Waals surface area contributed by atoms with E-state index in [4.69, 9.17) is 0 Å². The molecule has 1 aliphatic heterocycles. The number of anilines is 1. The average molecular weight is 408 g/mol. The Morgan fingerprint density at radius 3 is 2.36 bits per heavy atom. The first-order chi connectivity index (χ1) is 13.0. The molecule has 0 saturated heterocycles. The van der Waals surface area contributed by atoms with Gasteiger partial charge in [0.15, 0.2) is 0 Å². The van der Waals surface area contributed by atoms with Crippen molar-refractivity contribution in [2.75, 3.05) is 5.32 Å². The molecule has 1 aromatic heterocycles. The van der Waals surface area contributed by atoms with E-state index in [0.717, 1.165) is 47.5 Å². The van der Waals surface area contributed by atoms with Crippen molar-refractivity contribution in [1.29, 1.82) is 0 Å². The predicted octanol–water partition coefficient (Wildman–Crippen LogP) is 6.39. The maximum atomic E-state index is 12.9. The van der Waals surface area contributed by atoms with Crippen molar-refractivity contribution in [3.8, 4) is 0 Å². The number of nitrogens with one attached hydrogen (secondary N) is 1. The summed E-state index contributed by atoms with van der Waals surface area (Å²) in [5.74, 6) is 0.362. The molecule has 28 heavy (non-hydrogen) atoms. The standard InChI is InChI=1S/C22H24F3NOS/c1-21(2,3)14-8-9-15-17(10-14)28-20-19(15)16(11-18(27)26-20)12-4-6-13(7-5-12)22(23,24)25/h4-7,14,16H,8-11H2,1-3H3,(H,26,27). The van der Waals surface area contributed by atoms with Gasteiger partial charge in [-0.3, -0.25) is 4.79 Å². The molecule has 2 unspecified atom stereocenters. The van der Waals surface area contributed by atoms with Gasteiger partial charge in [-0.05, 0) is 59.4 Å². The molecule has 1 N–H and O–H groups in total. The Labute approximate surface area is 167 Å². The zero-order chi connectivity index (χ0) is 20.3. The van der Waals surface area contributed by atoms with Gasteiger partial charge in [0.2, 0.25) is 5.91 Å². The minimum atomic E-state index is -4.35. The fourth-order valence-electron chi connectivity index (χ4n) is 4.47. The molecule has 2 aliphatic rings. The second-order valence-corrected chi connectivity index (χ2v) is 10.1. The number of fused-ring (bicyclic) bond motifs is 3. The van der Waals surface area contributed by atoms with Crippen LogP contribution in [-0.4, -0.2) is 5.91 Å². The van der Waals surface area contributed by atoms with Gasteiger partial charge in [0.1, 0.15) is 0 Å². The van der Waals surface area contributed by atoms with Gasteiger partial charge in [-0.25, -0.2) is 0 Å². The summed E-state index contributed by atoms with van der Waals surface area (Å²) in [4.78, 5) is 13.6. The van der Waals surface area contributed by atoms with Crippen LogP contribution in [0.5, 0.6) is 0 Å². The Balaban J connectivity index is 1.72. The van der Waals surface area contributed by atoms with E-state index in [1.807, 2.05) is 0 Å². The van der Waals surface area contributed by atoms with Gasteiger partial charge in [-0.15, -0.1) is 11.3 Å². The topological polar surface area (TPSA) is 29.1 Å². The Morgan fingerprint density at radius 2 is 1.75 bits per heavy atom. The van der Waals surface area contributed by atoms with Crippen molar-refractivity contribution < 1.29 is 18.0 Å². The summed E-state index contributed by atoms with van der Waals surface area (Å²) in [6.07, 6.45) is -0.989. The lowest BCUT2D eigenvalue weighted by molar-refractivity contribution is -0.137. The maximum absolute atomic E-state index is 12.9. The van der Waals surface area contributed by atoms with Crippen LogP contribution < -0.4 is 5.32 Å². The number of rotatable bonds is 1. The van der Waals surface area contributed by atoms with Gasteiger partial charge in [0.25, 0.3) is 0 Å². The van der Waals surface area contributed by atoms with Crippen LogP contribution in [0.3, 0.4) is 0 Å². The predicted molar refractivity (Wildman–Crippen MR) is 106 cm³/mol. The normalized spacial score (nSPS) is 22.4. The lowest BCUT2D eigenvalue weighted by atomic mass is 9.71. The summed E-state index contributed by atoms with van der Waals surface area (Å²) in [6, 6.07) is 5.30. The highest BCUT2D eigenvalue weighted by Crippen LogP contribution is 2.50. The zero-order valence-corrected chi connectivity index (χ0v) is 17.1. The number of carbonyl (C=O) groups is 1. The summed E-state index contributed by atoms with van der Waals surface area (Å²) in [6.45, 7) is 6.80. The van der Waals surface area contributed by atoms with Crippen molar-refractivity contribution in [3.05, 3.63) is 51.4 Å². The summed E-state index contributed by atoms with van der Waals surface area (Å²) < 4.78 is 38.7. The molecule has 2 atom stereocenters. The quantitative estimate of drug-likeness (QED) is 0.583. The summed E-state index contributed by atoms with van der Waals surface area (Å²) in [7, 11) is 0. The minimum Gasteiger partial charge on any atom is -0.317 e. The highest BCUT2D eigenvalue weighted by atomic mass is 32.1. The van der Waals surface area contributed by atoms with Crippen molar-refractivity contribution >= 4 is 22.2 Å². The molecule has 2 nitrogen and oxygen atoms in total. The van der Waals surface area contributed by atoms with Crippen LogP contribution in [0.25, 0.3) is 0 Å². The average Bonchev–Trinajstić information content (AvgIpc) is 2.96. The van der Waals surface area contributed by atoms with Crippen molar-refractivity contribution in [2.24, 2.45) is 11.3 Å². The molecule has 0 bridgehead atoms. The molecule has 2 heterocycles. The third kappa shape index (κ3) is 3.47. The van der Waals surface area contributed by atoms with Gasteiger partial charge in [0, 0.05) is 17.2 Å². The van der Waals surface area contributed by atoms with Crippen LogP contribution in [0, 0.1) is 11.3 Å².